The third-order valence-electron chi connectivity index (χ3n) is 2.94. The van der Waals surface area contributed by atoms with Crippen LogP contribution in [0.1, 0.15) is 19.4 Å². The van der Waals surface area contributed by atoms with Crippen LogP contribution in [0.5, 0.6) is 0 Å². The van der Waals surface area contributed by atoms with E-state index in [0.29, 0.717) is 0 Å². The molecule has 0 saturated carbocycles. The number of hydrogen-bond acceptors (Lipinski definition) is 4. The molecule has 5 heteroatoms. The van der Waals surface area contributed by atoms with Crippen molar-refractivity contribution in [3.63, 3.8) is 0 Å². The average Bonchev–Trinajstić information content (AvgIpc) is 2.43. The highest BCUT2D eigenvalue weighted by Gasteiger charge is 2.39. The van der Waals surface area contributed by atoms with Crippen molar-refractivity contribution in [3.8, 4) is 0 Å². The van der Waals surface area contributed by atoms with Crippen LogP contribution in [0.2, 0.25) is 0 Å². The first-order valence-electron chi connectivity index (χ1n) is 5.91. The van der Waals surface area contributed by atoms with Crippen LogP contribution in [0, 0.1) is 0 Å². The molecule has 0 aliphatic heterocycles. The van der Waals surface area contributed by atoms with E-state index >= 15 is 0 Å². The van der Waals surface area contributed by atoms with Crippen LogP contribution in [0.4, 0.5) is 4.79 Å². The Labute approximate surface area is 113 Å². The minimum absolute atomic E-state index is 0.273. The van der Waals surface area contributed by atoms with Gasteiger partial charge >= 0.3 is 12.1 Å². The minimum Gasteiger partial charge on any atom is -0.467 e. The van der Waals surface area contributed by atoms with E-state index in [-0.39, 0.29) is 6.54 Å². The smallest absolute Gasteiger partial charge is 0.410 e. The largest absolute Gasteiger partial charge is 0.467 e. The third kappa shape index (κ3) is 3.47. The second kappa shape index (κ2) is 6.22. The number of rotatable bonds is 4. The Morgan fingerprint density at radius 2 is 1.68 bits per heavy atom. The van der Waals surface area contributed by atoms with Gasteiger partial charge in [0.25, 0.3) is 0 Å². The predicted molar refractivity (Wildman–Crippen MR) is 70.5 cm³/mol. The predicted octanol–water partition coefficient (Wildman–Crippen LogP) is 2.21. The molecule has 104 valence electrons. The summed E-state index contributed by atoms with van der Waals surface area (Å²) >= 11 is 0. The molecule has 0 aliphatic rings. The number of methoxy groups -OCH3 is 2. The van der Waals surface area contributed by atoms with Crippen molar-refractivity contribution in [2.45, 2.75) is 25.9 Å². The van der Waals surface area contributed by atoms with Crippen LogP contribution >= 0.6 is 0 Å². The standard InChI is InChI=1S/C14H19NO4/c1-14(2,12(16)18-3)15(13(17)19-4)10-11-8-6-5-7-9-11/h5-9H,10H2,1-4H3. The van der Waals surface area contributed by atoms with Crippen LogP contribution in [-0.2, 0) is 20.8 Å². The molecule has 0 N–H and O–H groups in total. The molecule has 1 aromatic carbocycles. The van der Waals surface area contributed by atoms with E-state index in [4.69, 9.17) is 9.47 Å². The molecule has 19 heavy (non-hydrogen) atoms. The molecule has 1 amide bonds. The number of amides is 1. The van der Waals surface area contributed by atoms with Gasteiger partial charge in [0, 0.05) is 0 Å². The molecule has 0 spiro atoms. The van der Waals surface area contributed by atoms with Crippen molar-refractivity contribution in [1.29, 1.82) is 0 Å². The molecule has 0 bridgehead atoms. The number of benzene rings is 1. The number of ether oxygens (including phenoxy) is 2. The van der Waals surface area contributed by atoms with E-state index in [2.05, 4.69) is 0 Å². The van der Waals surface area contributed by atoms with Gasteiger partial charge in [-0.3, -0.25) is 4.90 Å². The molecule has 0 aromatic heterocycles. The zero-order chi connectivity index (χ0) is 14.5. The molecule has 0 radical (unpaired) electrons. The number of esters is 1. The summed E-state index contributed by atoms with van der Waals surface area (Å²) in [5.41, 5.74) is -0.192. The van der Waals surface area contributed by atoms with Gasteiger partial charge in [0.2, 0.25) is 0 Å². The van der Waals surface area contributed by atoms with Crippen LogP contribution in [-0.4, -0.2) is 36.7 Å². The SMILES string of the molecule is COC(=O)N(Cc1ccccc1)C(C)(C)C(=O)OC. The van der Waals surface area contributed by atoms with E-state index < -0.39 is 17.6 Å². The Balaban J connectivity index is 3.02. The van der Waals surface area contributed by atoms with Crippen LogP contribution < -0.4 is 0 Å². The summed E-state index contributed by atoms with van der Waals surface area (Å²) in [6.45, 7) is 3.52. The van der Waals surface area contributed by atoms with E-state index in [0.717, 1.165) is 5.56 Å². The summed E-state index contributed by atoms with van der Waals surface area (Å²) in [5.74, 6) is -0.492. The Morgan fingerprint density at radius 3 is 2.16 bits per heavy atom. The van der Waals surface area contributed by atoms with Gasteiger partial charge in [0.15, 0.2) is 0 Å². The highest BCUT2D eigenvalue weighted by molar-refractivity contribution is 5.84. The Hall–Kier alpha value is -2.04. The van der Waals surface area contributed by atoms with Gasteiger partial charge in [-0.15, -0.1) is 0 Å². The number of carbonyl (C=O) groups excluding carboxylic acids is 2. The quantitative estimate of drug-likeness (QED) is 0.783. The molecular formula is C14H19NO4. The fraction of sp³-hybridized carbons (Fsp3) is 0.429. The van der Waals surface area contributed by atoms with E-state index in [9.17, 15) is 9.59 Å². The first kappa shape index (κ1) is 15.0. The number of hydrogen-bond donors (Lipinski definition) is 0. The normalized spacial score (nSPS) is 10.7. The molecular weight excluding hydrogens is 246 g/mol. The van der Waals surface area contributed by atoms with E-state index in [1.807, 2.05) is 30.3 Å². The first-order valence-corrected chi connectivity index (χ1v) is 5.91. The van der Waals surface area contributed by atoms with Crippen LogP contribution in [0.25, 0.3) is 0 Å². The Morgan fingerprint density at radius 1 is 1.11 bits per heavy atom. The molecule has 0 saturated heterocycles. The van der Waals surface area contributed by atoms with Crippen LogP contribution in [0.15, 0.2) is 30.3 Å². The van der Waals surface area contributed by atoms with Gasteiger partial charge in [0.05, 0.1) is 20.8 Å². The topological polar surface area (TPSA) is 55.8 Å². The highest BCUT2D eigenvalue weighted by Crippen LogP contribution is 2.20. The van der Waals surface area contributed by atoms with Gasteiger partial charge in [-0.05, 0) is 19.4 Å². The molecule has 0 heterocycles. The number of nitrogens with zero attached hydrogens (tertiary/aromatic N) is 1. The van der Waals surface area contributed by atoms with E-state index in [1.165, 1.54) is 19.1 Å². The summed E-state index contributed by atoms with van der Waals surface area (Å²) in [6, 6.07) is 9.38. The minimum atomic E-state index is -1.10. The van der Waals surface area contributed by atoms with E-state index in [1.54, 1.807) is 13.8 Å². The maximum absolute atomic E-state index is 11.9. The highest BCUT2D eigenvalue weighted by atomic mass is 16.5. The van der Waals surface area contributed by atoms with Gasteiger partial charge in [-0.2, -0.15) is 0 Å². The van der Waals surface area contributed by atoms with Gasteiger partial charge in [0.1, 0.15) is 5.54 Å². The fourth-order valence-corrected chi connectivity index (χ4v) is 1.73. The number of carbonyl (C=O) groups is 2. The average molecular weight is 265 g/mol. The lowest BCUT2D eigenvalue weighted by Crippen LogP contribution is -2.53. The summed E-state index contributed by atoms with van der Waals surface area (Å²) in [6.07, 6.45) is -0.570. The molecule has 1 rings (SSSR count). The monoisotopic (exact) mass is 265 g/mol. The van der Waals surface area contributed by atoms with Crippen molar-refractivity contribution >= 4 is 12.1 Å². The molecule has 0 unspecified atom stereocenters. The second-order valence-electron chi connectivity index (χ2n) is 4.59. The van der Waals surface area contributed by atoms with Crippen molar-refractivity contribution in [2.24, 2.45) is 0 Å². The van der Waals surface area contributed by atoms with Gasteiger partial charge in [-0.25, -0.2) is 9.59 Å². The lowest BCUT2D eigenvalue weighted by Gasteiger charge is -2.34. The summed E-state index contributed by atoms with van der Waals surface area (Å²) in [7, 11) is 2.58. The van der Waals surface area contributed by atoms with Crippen molar-refractivity contribution in [2.75, 3.05) is 14.2 Å². The van der Waals surface area contributed by atoms with Crippen molar-refractivity contribution < 1.29 is 19.1 Å². The lowest BCUT2D eigenvalue weighted by atomic mass is 10.0. The van der Waals surface area contributed by atoms with Gasteiger partial charge < -0.3 is 9.47 Å². The third-order valence-corrected chi connectivity index (χ3v) is 2.94. The zero-order valence-electron chi connectivity index (χ0n) is 11.7. The molecule has 0 fully saturated rings. The van der Waals surface area contributed by atoms with Crippen LogP contribution in [0.3, 0.4) is 0 Å². The lowest BCUT2D eigenvalue weighted by molar-refractivity contribution is -0.152. The summed E-state index contributed by atoms with van der Waals surface area (Å²) < 4.78 is 9.48. The van der Waals surface area contributed by atoms with Crippen molar-refractivity contribution in [1.82, 2.24) is 4.90 Å². The molecule has 1 aromatic rings. The summed E-state index contributed by atoms with van der Waals surface area (Å²) in [5, 5.41) is 0. The first-order chi connectivity index (χ1) is 8.93. The Bertz CT molecular complexity index is 442. The zero-order valence-corrected chi connectivity index (χ0v) is 11.7. The maximum atomic E-state index is 11.9. The van der Waals surface area contributed by atoms with Gasteiger partial charge in [-0.1, -0.05) is 30.3 Å². The fourth-order valence-electron chi connectivity index (χ4n) is 1.73. The molecule has 0 aliphatic carbocycles. The van der Waals surface area contributed by atoms with Crippen molar-refractivity contribution in [3.05, 3.63) is 35.9 Å². The maximum Gasteiger partial charge on any atom is 0.410 e. The Kier molecular flexibility index (Phi) is 4.92. The second-order valence-corrected chi connectivity index (χ2v) is 4.59. The molecule has 5 nitrogen and oxygen atoms in total. The summed E-state index contributed by atoms with van der Waals surface area (Å²) in [4.78, 5) is 25.0. The molecule has 0 atom stereocenters.